The van der Waals surface area contributed by atoms with E-state index in [-0.39, 0.29) is 0 Å². The Morgan fingerprint density at radius 3 is 1.29 bits per heavy atom. The molecule has 0 N–H and O–H groups in total. The van der Waals surface area contributed by atoms with Gasteiger partial charge in [-0.2, -0.15) is 0 Å². The Bertz CT molecular complexity index is 4540. The van der Waals surface area contributed by atoms with E-state index in [1.54, 1.807) is 0 Å². The third-order valence-corrected chi connectivity index (χ3v) is 14.0. The van der Waals surface area contributed by atoms with Crippen LogP contribution < -0.4 is 0 Å². The summed E-state index contributed by atoms with van der Waals surface area (Å²) in [5, 5.41) is 8.76. The van der Waals surface area contributed by atoms with Crippen molar-refractivity contribution >= 4 is 87.5 Å². The van der Waals surface area contributed by atoms with Gasteiger partial charge in [0.15, 0.2) is 17.5 Å². The molecule has 5 heterocycles. The number of para-hydroxylation sites is 5. The highest BCUT2D eigenvalue weighted by molar-refractivity contribution is 6.25. The fourth-order valence-corrected chi connectivity index (χ4v) is 10.9. The zero-order valence-corrected chi connectivity index (χ0v) is 37.4. The summed E-state index contributed by atoms with van der Waals surface area (Å²) in [5.74, 6) is 1.74. The van der Waals surface area contributed by atoms with Crippen LogP contribution in [0.5, 0.6) is 0 Å². The molecule has 0 aliphatic rings. The van der Waals surface area contributed by atoms with Gasteiger partial charge in [0.25, 0.3) is 0 Å². The molecule has 10 aromatic carbocycles. The van der Waals surface area contributed by atoms with Crippen LogP contribution in [0.3, 0.4) is 0 Å². The Morgan fingerprint density at radius 2 is 0.729 bits per heavy atom. The molecule has 0 unspecified atom stereocenters. The highest BCUT2D eigenvalue weighted by Gasteiger charge is 2.25. The van der Waals surface area contributed by atoms with Crippen molar-refractivity contribution in [3.8, 4) is 56.7 Å². The minimum atomic E-state index is 0.557. The first-order valence-corrected chi connectivity index (χ1v) is 23.5. The fraction of sp³-hybridized carbons (Fsp3) is 0. The molecule has 0 bridgehead atoms. The van der Waals surface area contributed by atoms with Gasteiger partial charge in [-0.3, -0.25) is 0 Å². The number of benzene rings is 10. The average molecular weight is 896 g/mol. The predicted molar refractivity (Wildman–Crippen MR) is 285 cm³/mol. The maximum absolute atomic E-state index is 6.74. The van der Waals surface area contributed by atoms with Crippen LogP contribution in [0.15, 0.2) is 233 Å². The summed E-state index contributed by atoms with van der Waals surface area (Å²) >= 11 is 0. The quantitative estimate of drug-likeness (QED) is 0.166. The Hall–Kier alpha value is -9.59. The number of aromatic nitrogens is 5. The van der Waals surface area contributed by atoms with Crippen molar-refractivity contribution in [2.24, 2.45) is 0 Å². The summed E-state index contributed by atoms with van der Waals surface area (Å²) in [4.78, 5) is 15.9. The van der Waals surface area contributed by atoms with E-state index in [0.717, 1.165) is 127 Å². The van der Waals surface area contributed by atoms with E-state index in [9.17, 15) is 0 Å². The Morgan fingerprint density at radius 1 is 0.286 bits per heavy atom. The zero-order chi connectivity index (χ0) is 45.9. The molecule has 0 spiro atoms. The largest absolute Gasteiger partial charge is 0.455 e. The van der Waals surface area contributed by atoms with E-state index in [1.807, 2.05) is 60.7 Å². The van der Waals surface area contributed by atoms with Crippen molar-refractivity contribution in [2.45, 2.75) is 0 Å². The maximum atomic E-state index is 6.74. The second-order valence-corrected chi connectivity index (χ2v) is 17.9. The second-order valence-electron chi connectivity index (χ2n) is 17.9. The lowest BCUT2D eigenvalue weighted by atomic mass is 9.99. The van der Waals surface area contributed by atoms with Crippen molar-refractivity contribution < 1.29 is 8.83 Å². The topological polar surface area (TPSA) is 74.8 Å². The highest BCUT2D eigenvalue weighted by Crippen LogP contribution is 2.45. The number of rotatable bonds is 6. The van der Waals surface area contributed by atoms with Gasteiger partial charge in [-0.25, -0.2) is 15.0 Å². The van der Waals surface area contributed by atoms with Gasteiger partial charge in [0, 0.05) is 54.6 Å². The molecule has 15 rings (SSSR count). The van der Waals surface area contributed by atoms with E-state index in [4.69, 9.17) is 23.8 Å². The lowest BCUT2D eigenvalue weighted by molar-refractivity contribution is 0.672. The van der Waals surface area contributed by atoms with Crippen molar-refractivity contribution in [2.75, 3.05) is 0 Å². The predicted octanol–water partition coefficient (Wildman–Crippen LogP) is 16.5. The number of hydrogen-bond acceptors (Lipinski definition) is 5. The summed E-state index contributed by atoms with van der Waals surface area (Å²) in [7, 11) is 0. The van der Waals surface area contributed by atoms with E-state index < -0.39 is 0 Å². The number of fused-ring (bicyclic) bond motifs is 14. The molecule has 0 amide bonds. The molecule has 0 aliphatic carbocycles. The Labute approximate surface area is 399 Å². The van der Waals surface area contributed by atoms with Crippen LogP contribution >= 0.6 is 0 Å². The van der Waals surface area contributed by atoms with Gasteiger partial charge in [-0.05, 0) is 72.3 Å². The first-order valence-electron chi connectivity index (χ1n) is 23.5. The minimum absolute atomic E-state index is 0.557. The molecule has 0 atom stereocenters. The molecular formula is C63H37N5O2. The van der Waals surface area contributed by atoms with E-state index in [2.05, 4.69) is 173 Å². The van der Waals surface area contributed by atoms with Crippen LogP contribution in [0.1, 0.15) is 0 Å². The zero-order valence-electron chi connectivity index (χ0n) is 37.4. The van der Waals surface area contributed by atoms with E-state index in [1.165, 1.54) is 0 Å². The van der Waals surface area contributed by atoms with Crippen LogP contribution in [0, 0.1) is 0 Å². The molecular weight excluding hydrogens is 859 g/mol. The monoisotopic (exact) mass is 895 g/mol. The smallest absolute Gasteiger partial charge is 0.166 e. The molecule has 7 nitrogen and oxygen atoms in total. The molecule has 5 aromatic heterocycles. The maximum Gasteiger partial charge on any atom is 0.166 e. The van der Waals surface area contributed by atoms with Gasteiger partial charge >= 0.3 is 0 Å². The highest BCUT2D eigenvalue weighted by atomic mass is 16.3. The third kappa shape index (κ3) is 5.66. The summed E-state index contributed by atoms with van der Waals surface area (Å²) in [6.45, 7) is 0. The second kappa shape index (κ2) is 15.0. The summed E-state index contributed by atoms with van der Waals surface area (Å²) < 4.78 is 18.2. The van der Waals surface area contributed by atoms with Crippen LogP contribution in [0.25, 0.3) is 144 Å². The van der Waals surface area contributed by atoms with Gasteiger partial charge in [-0.15, -0.1) is 0 Å². The average Bonchev–Trinajstić information content (AvgIpc) is 4.19. The summed E-state index contributed by atoms with van der Waals surface area (Å²) in [6, 6.07) is 78.4. The van der Waals surface area contributed by atoms with Gasteiger partial charge < -0.3 is 18.0 Å². The Kier molecular flexibility index (Phi) is 8.23. The third-order valence-electron chi connectivity index (χ3n) is 14.0. The SMILES string of the molecule is c1ccc(-c2nc(-c3ccccc3)nc(-c3cc(-c4ccccc4-n4c5ccccc5c5c6oc7ccccc7c6ccc54)ccc3-n3c4ccccc4c4c5oc6ccccc6c5ccc43)n2)cc1. The number of nitrogens with zero attached hydrogens (tertiary/aromatic N) is 5. The molecule has 0 radical (unpaired) electrons. The van der Waals surface area contributed by atoms with Gasteiger partial charge in [0.2, 0.25) is 0 Å². The van der Waals surface area contributed by atoms with Crippen LogP contribution in [0.2, 0.25) is 0 Å². The minimum Gasteiger partial charge on any atom is -0.455 e. The van der Waals surface area contributed by atoms with E-state index >= 15 is 0 Å². The van der Waals surface area contributed by atoms with Gasteiger partial charge in [-0.1, -0.05) is 158 Å². The molecule has 7 heteroatoms. The first-order chi connectivity index (χ1) is 34.7. The van der Waals surface area contributed by atoms with Gasteiger partial charge in [0.05, 0.1) is 44.2 Å². The van der Waals surface area contributed by atoms with Crippen LogP contribution in [-0.4, -0.2) is 24.1 Å². The molecule has 15 aromatic rings. The molecule has 326 valence electrons. The molecule has 0 fully saturated rings. The summed E-state index contributed by atoms with van der Waals surface area (Å²) in [6.07, 6.45) is 0. The number of hydrogen-bond donors (Lipinski definition) is 0. The van der Waals surface area contributed by atoms with E-state index in [0.29, 0.717) is 17.5 Å². The van der Waals surface area contributed by atoms with Crippen molar-refractivity contribution in [1.29, 1.82) is 0 Å². The van der Waals surface area contributed by atoms with Crippen LogP contribution in [0.4, 0.5) is 0 Å². The van der Waals surface area contributed by atoms with Crippen LogP contribution in [-0.2, 0) is 0 Å². The summed E-state index contributed by atoms with van der Waals surface area (Å²) in [5.41, 5.74) is 14.4. The van der Waals surface area contributed by atoms with Crippen molar-refractivity contribution in [3.63, 3.8) is 0 Å². The molecule has 0 saturated heterocycles. The Balaban J connectivity index is 1.02. The first kappa shape index (κ1) is 38.5. The molecule has 0 saturated carbocycles. The standard InChI is InChI=1S/C63H37N5O2/c1-3-17-38(18-4-1)61-64-62(39-19-5-2-6-20-39)66-63(65-61)48-37-40(31-34-52(48)68-51-28-14-9-25-47(51)58-54(68)36-33-45-43-23-11-16-30-56(43)70-60(45)58)41-21-7-12-26-49(41)67-50-27-13-8-24-46(50)57-53(67)35-32-44-42-22-10-15-29-55(42)69-59(44)57/h1-37H. The van der Waals surface area contributed by atoms with Crippen molar-refractivity contribution in [3.05, 3.63) is 224 Å². The molecule has 70 heavy (non-hydrogen) atoms. The lowest BCUT2D eigenvalue weighted by Gasteiger charge is -2.18. The fourth-order valence-electron chi connectivity index (χ4n) is 10.9. The van der Waals surface area contributed by atoms with Gasteiger partial charge in [0.1, 0.15) is 22.3 Å². The van der Waals surface area contributed by atoms with Crippen molar-refractivity contribution in [1.82, 2.24) is 24.1 Å². The molecule has 0 aliphatic heterocycles. The number of furan rings is 2. The lowest BCUT2D eigenvalue weighted by Crippen LogP contribution is -2.04. The normalized spacial score (nSPS) is 12.0.